The number of hydrogen-bond donors (Lipinski definition) is 1. The summed E-state index contributed by atoms with van der Waals surface area (Å²) in [5.41, 5.74) is 3.58. The van der Waals surface area contributed by atoms with Crippen molar-refractivity contribution in [2.45, 2.75) is 19.4 Å². The van der Waals surface area contributed by atoms with Crippen LogP contribution in [-0.2, 0) is 0 Å². The van der Waals surface area contributed by atoms with E-state index in [4.69, 9.17) is 9.15 Å². The molecule has 168 valence electrons. The predicted octanol–water partition coefficient (Wildman–Crippen LogP) is 5.40. The van der Waals surface area contributed by atoms with Gasteiger partial charge >= 0.3 is 0 Å². The van der Waals surface area contributed by atoms with E-state index in [0.717, 1.165) is 37.3 Å². The van der Waals surface area contributed by atoms with Crippen molar-refractivity contribution in [2.75, 3.05) is 31.1 Å². The highest BCUT2D eigenvalue weighted by Crippen LogP contribution is 2.34. The second kappa shape index (κ2) is 9.51. The van der Waals surface area contributed by atoms with Crippen LogP contribution in [0.25, 0.3) is 22.3 Å². The summed E-state index contributed by atoms with van der Waals surface area (Å²) in [5.74, 6) is 0.770. The Morgan fingerprint density at radius 3 is 2.55 bits per heavy atom. The van der Waals surface area contributed by atoms with Crippen molar-refractivity contribution in [3.8, 4) is 17.1 Å². The molecule has 1 fully saturated rings. The summed E-state index contributed by atoms with van der Waals surface area (Å²) in [7, 11) is 0. The van der Waals surface area contributed by atoms with Gasteiger partial charge in [0.05, 0.1) is 18.0 Å². The minimum Gasteiger partial charge on any atom is -0.486 e. The highest BCUT2D eigenvalue weighted by molar-refractivity contribution is 5.85. The fraction of sp³-hybridized carbons (Fsp3) is 0.250. The molecule has 2 heterocycles. The molecule has 0 aliphatic carbocycles. The van der Waals surface area contributed by atoms with Crippen molar-refractivity contribution < 1.29 is 9.15 Å². The quantitative estimate of drug-likeness (QED) is 0.435. The molecule has 4 aromatic rings. The van der Waals surface area contributed by atoms with Gasteiger partial charge < -0.3 is 19.4 Å². The second-order valence-corrected chi connectivity index (χ2v) is 8.31. The number of piperazine rings is 1. The Hall–Kier alpha value is -3.57. The largest absolute Gasteiger partial charge is 0.486 e. The van der Waals surface area contributed by atoms with Crippen LogP contribution in [0.3, 0.4) is 0 Å². The molecule has 5 nitrogen and oxygen atoms in total. The monoisotopic (exact) mass is 440 g/mol. The summed E-state index contributed by atoms with van der Waals surface area (Å²) < 4.78 is 12.2. The Labute approximate surface area is 193 Å². The third-order valence-corrected chi connectivity index (χ3v) is 6.08. The lowest BCUT2D eigenvalue weighted by Gasteiger charge is -2.38. The van der Waals surface area contributed by atoms with Gasteiger partial charge in [0.25, 0.3) is 0 Å². The van der Waals surface area contributed by atoms with Gasteiger partial charge in [-0.15, -0.1) is 0 Å². The second-order valence-electron chi connectivity index (χ2n) is 8.31. The van der Waals surface area contributed by atoms with Gasteiger partial charge in [0.1, 0.15) is 5.58 Å². The topological polar surface area (TPSA) is 54.7 Å². The van der Waals surface area contributed by atoms with Crippen molar-refractivity contribution in [3.63, 3.8) is 0 Å². The molecule has 5 heteroatoms. The maximum absolute atomic E-state index is 13.4. The fourth-order valence-electron chi connectivity index (χ4n) is 4.44. The molecule has 1 aromatic heterocycles. The third kappa shape index (κ3) is 4.24. The van der Waals surface area contributed by atoms with E-state index in [0.29, 0.717) is 23.3 Å². The van der Waals surface area contributed by atoms with E-state index < -0.39 is 0 Å². The first kappa shape index (κ1) is 21.3. The average Bonchev–Trinajstić information content (AvgIpc) is 2.89. The van der Waals surface area contributed by atoms with Crippen molar-refractivity contribution in [2.24, 2.45) is 0 Å². The summed E-state index contributed by atoms with van der Waals surface area (Å²) in [5, 5.41) is 4.04. The van der Waals surface area contributed by atoms with Gasteiger partial charge in [-0.3, -0.25) is 4.79 Å². The van der Waals surface area contributed by atoms with E-state index in [1.54, 1.807) is 0 Å². The van der Waals surface area contributed by atoms with Gasteiger partial charge in [-0.2, -0.15) is 0 Å². The third-order valence-electron chi connectivity index (χ3n) is 6.08. The molecule has 3 aromatic carbocycles. The first-order chi connectivity index (χ1) is 16.3. The molecule has 1 saturated heterocycles. The van der Waals surface area contributed by atoms with Crippen molar-refractivity contribution in [1.82, 2.24) is 5.32 Å². The molecule has 1 atom stereocenters. The van der Waals surface area contributed by atoms with E-state index in [2.05, 4.69) is 34.5 Å². The van der Waals surface area contributed by atoms with Crippen LogP contribution in [0.4, 0.5) is 5.69 Å². The molecule has 0 amide bonds. The normalized spacial score (nSPS) is 16.2. The summed E-state index contributed by atoms with van der Waals surface area (Å²) in [6, 6.07) is 26.3. The SMILES string of the molecule is CCCOc1c(-c2ccccc2)oc2cc(N3CCNCC3c3ccccc3)ccc2c1=O. The number of nitrogens with one attached hydrogen (secondary N) is 1. The fourth-order valence-corrected chi connectivity index (χ4v) is 4.44. The number of benzene rings is 3. The Bertz CT molecular complexity index is 1290. The summed E-state index contributed by atoms with van der Waals surface area (Å²) in [6.45, 7) is 5.13. The molecule has 1 N–H and O–H groups in total. The van der Waals surface area contributed by atoms with E-state index >= 15 is 0 Å². The van der Waals surface area contributed by atoms with Crippen molar-refractivity contribution >= 4 is 16.7 Å². The van der Waals surface area contributed by atoms with Gasteiger partial charge in [-0.1, -0.05) is 67.6 Å². The maximum Gasteiger partial charge on any atom is 0.235 e. The Balaban J connectivity index is 1.62. The number of fused-ring (bicyclic) bond motifs is 1. The standard InChI is InChI=1S/C28H28N2O3/c1-2-17-32-28-26(31)23-14-13-22(18-25(23)33-27(28)21-11-7-4-8-12-21)30-16-15-29-19-24(30)20-9-5-3-6-10-20/h3-14,18,24,29H,2,15-17,19H2,1H3. The van der Waals surface area contributed by atoms with E-state index in [9.17, 15) is 4.79 Å². The van der Waals surface area contributed by atoms with Crippen LogP contribution in [0.15, 0.2) is 88.1 Å². The lowest BCUT2D eigenvalue weighted by Crippen LogP contribution is -2.46. The zero-order valence-electron chi connectivity index (χ0n) is 18.8. The molecule has 33 heavy (non-hydrogen) atoms. The van der Waals surface area contributed by atoms with Gasteiger partial charge in [0.2, 0.25) is 11.2 Å². The van der Waals surface area contributed by atoms with Crippen LogP contribution < -0.4 is 20.4 Å². The lowest BCUT2D eigenvalue weighted by molar-refractivity contribution is 0.309. The summed E-state index contributed by atoms with van der Waals surface area (Å²) >= 11 is 0. The Morgan fingerprint density at radius 1 is 1.03 bits per heavy atom. The number of ether oxygens (including phenoxy) is 1. The van der Waals surface area contributed by atoms with Crippen LogP contribution in [0.5, 0.6) is 5.75 Å². The number of anilines is 1. The van der Waals surface area contributed by atoms with Gasteiger partial charge in [0, 0.05) is 37.0 Å². The van der Waals surface area contributed by atoms with Crippen LogP contribution >= 0.6 is 0 Å². The van der Waals surface area contributed by atoms with Gasteiger partial charge in [0.15, 0.2) is 5.76 Å². The van der Waals surface area contributed by atoms with Gasteiger partial charge in [-0.05, 0) is 24.1 Å². The summed E-state index contributed by atoms with van der Waals surface area (Å²) in [6.07, 6.45) is 0.814. The number of rotatable bonds is 6. The van der Waals surface area contributed by atoms with E-state index in [-0.39, 0.29) is 17.2 Å². The van der Waals surface area contributed by atoms with Crippen LogP contribution in [0.1, 0.15) is 24.9 Å². The smallest absolute Gasteiger partial charge is 0.235 e. The molecule has 0 spiro atoms. The molecule has 1 aliphatic rings. The van der Waals surface area contributed by atoms with E-state index in [1.165, 1.54) is 5.56 Å². The molecular weight excluding hydrogens is 412 g/mol. The summed E-state index contributed by atoms with van der Waals surface area (Å²) in [4.78, 5) is 15.8. The molecule has 0 saturated carbocycles. The lowest BCUT2D eigenvalue weighted by atomic mass is 10.0. The highest BCUT2D eigenvalue weighted by atomic mass is 16.5. The maximum atomic E-state index is 13.4. The van der Waals surface area contributed by atoms with Crippen molar-refractivity contribution in [3.05, 3.63) is 94.6 Å². The number of nitrogens with zero attached hydrogens (tertiary/aromatic N) is 1. The van der Waals surface area contributed by atoms with Crippen LogP contribution in [0.2, 0.25) is 0 Å². The van der Waals surface area contributed by atoms with Crippen LogP contribution in [-0.4, -0.2) is 26.2 Å². The van der Waals surface area contributed by atoms with Crippen LogP contribution in [0, 0.1) is 0 Å². The van der Waals surface area contributed by atoms with E-state index in [1.807, 2.05) is 61.5 Å². The highest BCUT2D eigenvalue weighted by Gasteiger charge is 2.25. The van der Waals surface area contributed by atoms with Gasteiger partial charge in [-0.25, -0.2) is 0 Å². The van der Waals surface area contributed by atoms with Crippen molar-refractivity contribution in [1.29, 1.82) is 0 Å². The minimum absolute atomic E-state index is 0.130. The zero-order valence-corrected chi connectivity index (χ0v) is 18.8. The first-order valence-electron chi connectivity index (χ1n) is 11.6. The number of hydrogen-bond acceptors (Lipinski definition) is 5. The molecule has 1 aliphatic heterocycles. The first-order valence-corrected chi connectivity index (χ1v) is 11.6. The Kier molecular flexibility index (Phi) is 6.13. The molecule has 0 radical (unpaired) electrons. The zero-order chi connectivity index (χ0) is 22.6. The average molecular weight is 441 g/mol. The predicted molar refractivity (Wildman–Crippen MR) is 133 cm³/mol. The molecule has 0 bridgehead atoms. The Morgan fingerprint density at radius 2 is 1.79 bits per heavy atom. The molecular formula is C28H28N2O3. The minimum atomic E-state index is -0.130. The molecule has 5 rings (SSSR count). The molecule has 1 unspecified atom stereocenters.